The van der Waals surface area contributed by atoms with Gasteiger partial charge in [0.15, 0.2) is 0 Å². The fourth-order valence-corrected chi connectivity index (χ4v) is 3.48. The zero-order valence-electron chi connectivity index (χ0n) is 17.7. The molecule has 6 nitrogen and oxygen atoms in total. The molecule has 2 amide bonds. The van der Waals surface area contributed by atoms with Gasteiger partial charge in [0.1, 0.15) is 11.5 Å². The van der Waals surface area contributed by atoms with Crippen LogP contribution in [0.2, 0.25) is 0 Å². The highest BCUT2D eigenvalue weighted by molar-refractivity contribution is 6.01. The van der Waals surface area contributed by atoms with Crippen LogP contribution in [0.1, 0.15) is 59.0 Å². The molecule has 1 N–H and O–H groups in total. The summed E-state index contributed by atoms with van der Waals surface area (Å²) >= 11 is 0. The van der Waals surface area contributed by atoms with Crippen molar-refractivity contribution in [2.75, 3.05) is 13.7 Å². The fourth-order valence-electron chi connectivity index (χ4n) is 3.48. The quantitative estimate of drug-likeness (QED) is 0.799. The normalized spacial score (nSPS) is 13.1. The molecular formula is C23H28N2O4. The van der Waals surface area contributed by atoms with Crippen molar-refractivity contribution in [3.05, 3.63) is 58.7 Å². The molecular weight excluding hydrogens is 368 g/mol. The number of ether oxygens (including phenoxy) is 2. The highest BCUT2D eigenvalue weighted by Gasteiger charge is 2.31. The highest BCUT2D eigenvalue weighted by atomic mass is 16.5. The van der Waals surface area contributed by atoms with Crippen LogP contribution >= 0.6 is 0 Å². The summed E-state index contributed by atoms with van der Waals surface area (Å²) in [6.45, 7) is 8.23. The summed E-state index contributed by atoms with van der Waals surface area (Å²) in [7, 11) is 1.52. The first kappa shape index (κ1) is 20.7. The summed E-state index contributed by atoms with van der Waals surface area (Å²) in [5, 5.41) is 1.36. The molecule has 1 aliphatic heterocycles. The van der Waals surface area contributed by atoms with E-state index in [1.54, 1.807) is 30.3 Å². The molecule has 2 aromatic rings. The molecule has 1 heterocycles. The Labute approximate surface area is 171 Å². The molecule has 0 atom stereocenters. The Morgan fingerprint density at radius 3 is 2.52 bits per heavy atom. The van der Waals surface area contributed by atoms with E-state index in [-0.39, 0.29) is 11.8 Å². The number of hydrogen-bond donors (Lipinski definition) is 1. The topological polar surface area (TPSA) is 67.9 Å². The number of carbonyl (C=O) groups excluding carboxylic acids is 2. The van der Waals surface area contributed by atoms with Crippen LogP contribution in [0.25, 0.3) is 0 Å². The van der Waals surface area contributed by atoms with Crippen molar-refractivity contribution in [3.63, 3.8) is 0 Å². The lowest BCUT2D eigenvalue weighted by Crippen LogP contribution is -2.56. The van der Waals surface area contributed by atoms with Crippen molar-refractivity contribution in [2.24, 2.45) is 0 Å². The lowest BCUT2D eigenvalue weighted by atomic mass is 9.96. The van der Waals surface area contributed by atoms with Gasteiger partial charge in [-0.05, 0) is 75.9 Å². The maximum atomic E-state index is 13.3. The second kappa shape index (κ2) is 8.15. The van der Waals surface area contributed by atoms with Crippen LogP contribution in [-0.2, 0) is 6.42 Å². The molecule has 0 unspecified atom stereocenters. The molecule has 154 valence electrons. The molecule has 2 aromatic carbocycles. The largest absolute Gasteiger partial charge is 0.496 e. The van der Waals surface area contributed by atoms with E-state index in [4.69, 9.17) is 9.47 Å². The Balaban J connectivity index is 1.92. The maximum absolute atomic E-state index is 13.3. The highest BCUT2D eigenvalue weighted by Crippen LogP contribution is 2.30. The Morgan fingerprint density at radius 1 is 1.10 bits per heavy atom. The van der Waals surface area contributed by atoms with Gasteiger partial charge in [0, 0.05) is 5.56 Å². The Bertz CT molecular complexity index is 931. The lowest BCUT2D eigenvalue weighted by molar-refractivity contribution is 0.0355. The number of amides is 2. The van der Waals surface area contributed by atoms with Crippen molar-refractivity contribution >= 4 is 11.8 Å². The number of hydrazine groups is 1. The second-order valence-electron chi connectivity index (χ2n) is 8.12. The first-order valence-corrected chi connectivity index (χ1v) is 9.78. The van der Waals surface area contributed by atoms with Crippen LogP contribution < -0.4 is 14.9 Å². The molecule has 0 saturated carbocycles. The monoisotopic (exact) mass is 396 g/mol. The van der Waals surface area contributed by atoms with Crippen LogP contribution in [0.4, 0.5) is 0 Å². The molecule has 0 fully saturated rings. The number of nitrogens with one attached hydrogen (secondary N) is 1. The van der Waals surface area contributed by atoms with Gasteiger partial charge in [-0.15, -0.1) is 0 Å². The van der Waals surface area contributed by atoms with Gasteiger partial charge >= 0.3 is 0 Å². The van der Waals surface area contributed by atoms with Crippen LogP contribution in [-0.4, -0.2) is 36.1 Å². The SMILES string of the molecule is COc1ccccc1C(=O)N(NC(=O)c1ccc2c(c1C)CCCO2)C(C)(C)C. The van der Waals surface area contributed by atoms with Gasteiger partial charge in [-0.25, -0.2) is 5.01 Å². The molecule has 0 aliphatic carbocycles. The molecule has 0 bridgehead atoms. The second-order valence-corrected chi connectivity index (χ2v) is 8.12. The van der Waals surface area contributed by atoms with Crippen LogP contribution in [0.5, 0.6) is 11.5 Å². The van der Waals surface area contributed by atoms with E-state index in [9.17, 15) is 9.59 Å². The first-order valence-electron chi connectivity index (χ1n) is 9.78. The molecule has 0 saturated heterocycles. The number of fused-ring (bicyclic) bond motifs is 1. The third-order valence-corrected chi connectivity index (χ3v) is 5.05. The molecule has 0 aromatic heterocycles. The molecule has 0 radical (unpaired) electrons. The summed E-state index contributed by atoms with van der Waals surface area (Å²) in [5.41, 5.74) is 5.05. The van der Waals surface area contributed by atoms with Gasteiger partial charge in [0.05, 0.1) is 24.8 Å². The summed E-state index contributed by atoms with van der Waals surface area (Å²) < 4.78 is 11.0. The van der Waals surface area contributed by atoms with E-state index in [1.165, 1.54) is 12.1 Å². The minimum atomic E-state index is -0.640. The Hall–Kier alpha value is -3.02. The number of methoxy groups -OCH3 is 1. The first-order chi connectivity index (χ1) is 13.7. The number of benzene rings is 2. The smallest absolute Gasteiger partial charge is 0.276 e. The zero-order valence-corrected chi connectivity index (χ0v) is 17.7. The summed E-state index contributed by atoms with van der Waals surface area (Å²) in [5.74, 6) is 0.641. The van der Waals surface area contributed by atoms with E-state index in [2.05, 4.69) is 5.43 Å². The average Bonchev–Trinajstić information content (AvgIpc) is 2.71. The minimum absolute atomic E-state index is 0.325. The molecule has 0 spiro atoms. The summed E-state index contributed by atoms with van der Waals surface area (Å²) in [6, 6.07) is 10.6. The number of carbonyl (C=O) groups is 2. The van der Waals surface area contributed by atoms with Crippen molar-refractivity contribution in [1.29, 1.82) is 0 Å². The van der Waals surface area contributed by atoms with Gasteiger partial charge in [-0.3, -0.25) is 15.0 Å². The average molecular weight is 396 g/mol. The predicted molar refractivity (Wildman–Crippen MR) is 111 cm³/mol. The van der Waals surface area contributed by atoms with Crippen molar-refractivity contribution in [1.82, 2.24) is 10.4 Å². The standard InChI is InChI=1S/C23H28N2O4/c1-15-16-10-8-14-29-20(16)13-12-17(15)21(26)24-25(23(2,3)4)22(27)18-9-6-7-11-19(18)28-5/h6-7,9,11-13H,8,10,14H2,1-5H3,(H,24,26). The van der Waals surface area contributed by atoms with Crippen molar-refractivity contribution in [3.8, 4) is 11.5 Å². The van der Waals surface area contributed by atoms with Crippen LogP contribution in [0, 0.1) is 6.92 Å². The fraction of sp³-hybridized carbons (Fsp3) is 0.391. The molecule has 1 aliphatic rings. The van der Waals surface area contributed by atoms with Gasteiger partial charge in [0.2, 0.25) is 0 Å². The van der Waals surface area contributed by atoms with E-state index >= 15 is 0 Å². The van der Waals surface area contributed by atoms with E-state index in [0.717, 1.165) is 29.7 Å². The van der Waals surface area contributed by atoms with Crippen molar-refractivity contribution in [2.45, 2.75) is 46.1 Å². The maximum Gasteiger partial charge on any atom is 0.276 e. The molecule has 6 heteroatoms. The third-order valence-electron chi connectivity index (χ3n) is 5.05. The van der Waals surface area contributed by atoms with Crippen LogP contribution in [0.15, 0.2) is 36.4 Å². The molecule has 29 heavy (non-hydrogen) atoms. The number of nitrogens with zero attached hydrogens (tertiary/aromatic N) is 1. The van der Waals surface area contributed by atoms with E-state index in [0.29, 0.717) is 23.5 Å². The van der Waals surface area contributed by atoms with Gasteiger partial charge in [-0.2, -0.15) is 0 Å². The predicted octanol–water partition coefficient (Wildman–Crippen LogP) is 3.91. The molecule has 3 rings (SSSR count). The summed E-state index contributed by atoms with van der Waals surface area (Å²) in [6.07, 6.45) is 1.81. The lowest BCUT2D eigenvalue weighted by Gasteiger charge is -2.36. The third kappa shape index (κ3) is 4.21. The van der Waals surface area contributed by atoms with Gasteiger partial charge in [0.25, 0.3) is 11.8 Å². The van der Waals surface area contributed by atoms with E-state index < -0.39 is 5.54 Å². The van der Waals surface area contributed by atoms with Crippen LogP contribution in [0.3, 0.4) is 0 Å². The van der Waals surface area contributed by atoms with Gasteiger partial charge < -0.3 is 9.47 Å². The Morgan fingerprint density at radius 2 is 1.83 bits per heavy atom. The number of para-hydroxylation sites is 1. The minimum Gasteiger partial charge on any atom is -0.496 e. The van der Waals surface area contributed by atoms with E-state index in [1.807, 2.05) is 33.8 Å². The van der Waals surface area contributed by atoms with Crippen molar-refractivity contribution < 1.29 is 19.1 Å². The summed E-state index contributed by atoms with van der Waals surface area (Å²) in [4.78, 5) is 26.4. The Kier molecular flexibility index (Phi) is 5.82. The van der Waals surface area contributed by atoms with Gasteiger partial charge in [-0.1, -0.05) is 12.1 Å². The zero-order chi connectivity index (χ0) is 21.2. The number of hydrogen-bond acceptors (Lipinski definition) is 4. The number of rotatable bonds is 3.